The van der Waals surface area contributed by atoms with E-state index in [0.717, 1.165) is 35.3 Å². The molecule has 1 atom stereocenters. The molecule has 37 heavy (non-hydrogen) atoms. The molecule has 1 aromatic carbocycles. The highest BCUT2D eigenvalue weighted by Crippen LogP contribution is 2.40. The SMILES string of the molecule is CCOC(=O)c1c(NC(=O)/C(C#N)=C/c2ccc(-c3ccc(C)cc3[N+](=O)[O-])o2)sc2c1CCC(C)C2. The molecule has 9 nitrogen and oxygen atoms in total. The van der Waals surface area contributed by atoms with Crippen LogP contribution in [0.3, 0.4) is 0 Å². The van der Waals surface area contributed by atoms with Gasteiger partial charge in [0.1, 0.15) is 28.2 Å². The number of esters is 1. The second kappa shape index (κ2) is 10.8. The van der Waals surface area contributed by atoms with Crippen LogP contribution in [0.15, 0.2) is 40.3 Å². The lowest BCUT2D eigenvalue weighted by Crippen LogP contribution is -2.17. The van der Waals surface area contributed by atoms with Crippen molar-refractivity contribution in [2.24, 2.45) is 5.92 Å². The number of nitriles is 1. The maximum Gasteiger partial charge on any atom is 0.341 e. The lowest BCUT2D eigenvalue weighted by atomic mass is 9.88. The number of nitro benzene ring substituents is 1. The zero-order valence-corrected chi connectivity index (χ0v) is 21.4. The predicted molar refractivity (Wildman–Crippen MR) is 139 cm³/mol. The molecule has 1 unspecified atom stereocenters. The molecule has 10 heteroatoms. The predicted octanol–water partition coefficient (Wildman–Crippen LogP) is 6.07. The number of rotatable bonds is 7. The Morgan fingerprint density at radius 1 is 1.35 bits per heavy atom. The molecule has 0 bridgehead atoms. The number of thiophene rings is 1. The van der Waals surface area contributed by atoms with Gasteiger partial charge in [-0.3, -0.25) is 14.9 Å². The van der Waals surface area contributed by atoms with E-state index in [9.17, 15) is 25.0 Å². The van der Waals surface area contributed by atoms with Crippen molar-refractivity contribution in [3.63, 3.8) is 0 Å². The van der Waals surface area contributed by atoms with Gasteiger partial charge in [-0.15, -0.1) is 11.3 Å². The minimum atomic E-state index is -0.695. The summed E-state index contributed by atoms with van der Waals surface area (Å²) in [7, 11) is 0. The quantitative estimate of drug-likeness (QED) is 0.131. The van der Waals surface area contributed by atoms with Crippen molar-refractivity contribution in [3.05, 3.63) is 73.3 Å². The number of hydrogen-bond donors (Lipinski definition) is 1. The highest BCUT2D eigenvalue weighted by Gasteiger charge is 2.29. The number of furan rings is 1. The molecule has 2 aromatic heterocycles. The van der Waals surface area contributed by atoms with Crippen molar-refractivity contribution in [1.82, 2.24) is 0 Å². The van der Waals surface area contributed by atoms with Crippen LogP contribution >= 0.6 is 11.3 Å². The number of carbonyl (C=O) groups excluding carboxylic acids is 2. The topological polar surface area (TPSA) is 135 Å². The van der Waals surface area contributed by atoms with E-state index in [1.54, 1.807) is 32.0 Å². The Balaban J connectivity index is 1.62. The molecular weight excluding hydrogens is 494 g/mol. The number of nitro groups is 1. The summed E-state index contributed by atoms with van der Waals surface area (Å²) in [5.74, 6) is -0.305. The first-order chi connectivity index (χ1) is 17.7. The number of fused-ring (bicyclic) bond motifs is 1. The van der Waals surface area contributed by atoms with E-state index in [1.807, 2.05) is 6.07 Å². The maximum absolute atomic E-state index is 13.0. The van der Waals surface area contributed by atoms with E-state index in [4.69, 9.17) is 9.15 Å². The molecule has 1 aliphatic carbocycles. The van der Waals surface area contributed by atoms with Gasteiger partial charge in [-0.1, -0.05) is 13.0 Å². The van der Waals surface area contributed by atoms with Crippen LogP contribution in [0.2, 0.25) is 0 Å². The molecule has 190 valence electrons. The first kappa shape index (κ1) is 25.9. The summed E-state index contributed by atoms with van der Waals surface area (Å²) < 4.78 is 11.0. The van der Waals surface area contributed by atoms with Crippen molar-refractivity contribution in [2.45, 2.75) is 40.0 Å². The van der Waals surface area contributed by atoms with Crippen molar-refractivity contribution < 1.29 is 23.7 Å². The molecule has 2 heterocycles. The average molecular weight is 520 g/mol. The van der Waals surface area contributed by atoms with Crippen LogP contribution in [0.4, 0.5) is 10.7 Å². The molecule has 0 aliphatic heterocycles. The fourth-order valence-electron chi connectivity index (χ4n) is 4.30. The highest BCUT2D eigenvalue weighted by molar-refractivity contribution is 7.17. The molecule has 1 aliphatic rings. The summed E-state index contributed by atoms with van der Waals surface area (Å²) in [5.41, 5.74) is 1.92. The second-order valence-electron chi connectivity index (χ2n) is 8.88. The Labute approximate surface area is 217 Å². The number of hydrogen-bond acceptors (Lipinski definition) is 8. The van der Waals surface area contributed by atoms with E-state index in [2.05, 4.69) is 12.2 Å². The van der Waals surface area contributed by atoms with Gasteiger partial charge in [0.25, 0.3) is 11.6 Å². The van der Waals surface area contributed by atoms with Crippen molar-refractivity contribution in [2.75, 3.05) is 11.9 Å². The normalized spacial score (nSPS) is 15.0. The lowest BCUT2D eigenvalue weighted by Gasteiger charge is -2.18. The number of nitrogens with zero attached hydrogens (tertiary/aromatic N) is 2. The zero-order valence-electron chi connectivity index (χ0n) is 20.6. The minimum absolute atomic E-state index is 0.106. The van der Waals surface area contributed by atoms with E-state index in [1.165, 1.54) is 29.5 Å². The van der Waals surface area contributed by atoms with Gasteiger partial charge in [0.2, 0.25) is 0 Å². The monoisotopic (exact) mass is 519 g/mol. The average Bonchev–Trinajstić information content (AvgIpc) is 3.46. The molecule has 0 saturated carbocycles. The third-order valence-corrected chi connectivity index (χ3v) is 7.28. The van der Waals surface area contributed by atoms with Crippen LogP contribution in [-0.4, -0.2) is 23.4 Å². The van der Waals surface area contributed by atoms with Gasteiger partial charge >= 0.3 is 5.97 Å². The Bertz CT molecular complexity index is 1460. The van der Waals surface area contributed by atoms with Crippen LogP contribution in [0.1, 0.15) is 52.4 Å². The highest BCUT2D eigenvalue weighted by atomic mass is 32.1. The number of ether oxygens (including phenoxy) is 1. The van der Waals surface area contributed by atoms with Crippen LogP contribution in [0.25, 0.3) is 17.4 Å². The summed E-state index contributed by atoms with van der Waals surface area (Å²) >= 11 is 1.33. The van der Waals surface area contributed by atoms with Gasteiger partial charge in [0.05, 0.1) is 22.7 Å². The summed E-state index contributed by atoms with van der Waals surface area (Å²) in [6.07, 6.45) is 3.73. The van der Waals surface area contributed by atoms with Gasteiger partial charge in [0, 0.05) is 17.0 Å². The molecule has 3 aromatic rings. The minimum Gasteiger partial charge on any atom is -0.462 e. The summed E-state index contributed by atoms with van der Waals surface area (Å²) in [6, 6.07) is 9.71. The summed E-state index contributed by atoms with van der Waals surface area (Å²) in [4.78, 5) is 37.8. The second-order valence-corrected chi connectivity index (χ2v) is 9.99. The largest absolute Gasteiger partial charge is 0.462 e. The van der Waals surface area contributed by atoms with E-state index in [-0.39, 0.29) is 35.0 Å². The number of amides is 1. The number of nitrogens with one attached hydrogen (secondary N) is 1. The van der Waals surface area contributed by atoms with Crippen LogP contribution in [0.5, 0.6) is 0 Å². The molecule has 4 rings (SSSR count). The number of aryl methyl sites for hydroxylation is 1. The fraction of sp³-hybridized carbons (Fsp3) is 0.296. The van der Waals surface area contributed by atoms with Crippen molar-refractivity contribution in [1.29, 1.82) is 5.26 Å². The number of anilines is 1. The number of carbonyl (C=O) groups is 2. The fourth-order valence-corrected chi connectivity index (χ4v) is 5.69. The zero-order chi connectivity index (χ0) is 26.7. The molecule has 0 saturated heterocycles. The standard InChI is InChI=1S/C27H25N3O6S/c1-4-35-27(32)24-20-9-6-16(3)12-23(20)37-26(24)29-25(31)17(14-28)13-18-7-10-22(36-18)19-8-5-15(2)11-21(19)30(33)34/h5,7-8,10-11,13,16H,4,6,9,12H2,1-3H3,(H,29,31)/b17-13+. The van der Waals surface area contributed by atoms with Crippen LogP contribution < -0.4 is 5.32 Å². The van der Waals surface area contributed by atoms with Crippen molar-refractivity contribution in [3.8, 4) is 17.4 Å². The Morgan fingerprint density at radius 3 is 2.84 bits per heavy atom. The van der Waals surface area contributed by atoms with Crippen LogP contribution in [-0.2, 0) is 22.4 Å². The Hall–Kier alpha value is -4.23. The first-order valence-corrected chi connectivity index (χ1v) is 12.6. The summed E-state index contributed by atoms with van der Waals surface area (Å²) in [5, 5.41) is 24.2. The lowest BCUT2D eigenvalue weighted by molar-refractivity contribution is -0.384. The Morgan fingerprint density at radius 2 is 2.14 bits per heavy atom. The van der Waals surface area contributed by atoms with Gasteiger partial charge in [-0.2, -0.15) is 5.26 Å². The molecule has 0 fully saturated rings. The van der Waals surface area contributed by atoms with E-state index >= 15 is 0 Å². The molecule has 1 N–H and O–H groups in total. The molecular formula is C27H25N3O6S. The third kappa shape index (κ3) is 5.47. The van der Waals surface area contributed by atoms with Gasteiger partial charge < -0.3 is 14.5 Å². The number of benzene rings is 1. The summed E-state index contributed by atoms with van der Waals surface area (Å²) in [6.45, 7) is 5.82. The van der Waals surface area contributed by atoms with Gasteiger partial charge in [0.15, 0.2) is 0 Å². The van der Waals surface area contributed by atoms with E-state index in [0.29, 0.717) is 16.5 Å². The van der Waals surface area contributed by atoms with Crippen molar-refractivity contribution >= 4 is 40.0 Å². The van der Waals surface area contributed by atoms with Gasteiger partial charge in [-0.05, 0) is 68.4 Å². The maximum atomic E-state index is 13.0. The van der Waals surface area contributed by atoms with E-state index < -0.39 is 16.8 Å². The molecule has 0 radical (unpaired) electrons. The smallest absolute Gasteiger partial charge is 0.341 e. The van der Waals surface area contributed by atoms with Gasteiger partial charge in [-0.25, -0.2) is 4.79 Å². The molecule has 0 spiro atoms. The molecule has 1 amide bonds. The first-order valence-electron chi connectivity index (χ1n) is 11.8. The Kier molecular flexibility index (Phi) is 7.55. The third-order valence-electron chi connectivity index (χ3n) is 6.11. The van der Waals surface area contributed by atoms with Crippen LogP contribution in [0, 0.1) is 34.3 Å².